The first-order chi connectivity index (χ1) is 16.3. The van der Waals surface area contributed by atoms with Crippen LogP contribution in [0.3, 0.4) is 0 Å². The van der Waals surface area contributed by atoms with Crippen molar-refractivity contribution in [3.8, 4) is 0 Å². The molecule has 2 rings (SSSR count). The summed E-state index contributed by atoms with van der Waals surface area (Å²) in [7, 11) is -3.76. The minimum Gasteiger partial charge on any atom is -0.354 e. The Bertz CT molecular complexity index is 1120. The zero-order valence-electron chi connectivity index (χ0n) is 21.3. The fraction of sp³-hybridized carbons (Fsp3) is 0.462. The summed E-state index contributed by atoms with van der Waals surface area (Å²) in [4.78, 5) is 27.8. The van der Waals surface area contributed by atoms with Gasteiger partial charge in [-0.3, -0.25) is 13.9 Å². The van der Waals surface area contributed by atoms with Gasteiger partial charge in [-0.1, -0.05) is 63.6 Å². The second kappa shape index (κ2) is 12.4. The molecule has 0 unspecified atom stereocenters. The number of hydrogen-bond donors (Lipinski definition) is 1. The molecule has 0 aliphatic carbocycles. The van der Waals surface area contributed by atoms with E-state index in [1.165, 1.54) is 4.90 Å². The van der Waals surface area contributed by atoms with Crippen molar-refractivity contribution < 1.29 is 18.0 Å². The molecule has 0 aliphatic rings. The second-order valence-corrected chi connectivity index (χ2v) is 11.8. The van der Waals surface area contributed by atoms with E-state index in [0.717, 1.165) is 21.7 Å². The molecule has 7 nitrogen and oxygen atoms in total. The number of carbonyl (C=O) groups is 2. The van der Waals surface area contributed by atoms with Gasteiger partial charge in [0, 0.05) is 18.1 Å². The fourth-order valence-corrected chi connectivity index (χ4v) is 4.57. The lowest BCUT2D eigenvalue weighted by Crippen LogP contribution is -2.51. The standard InChI is InChI=1S/C26H36ClN3O4S/c1-18(2)15-28-26(32)20(5)29(16-21-8-7-9-23(27)14-21)25(31)17-30(35(6,33)34)24-12-10-22(11-13-24)19(3)4/h7-14,18-20H,15-17H2,1-6H3,(H,28,32)/t20-/m0/s1. The molecule has 0 spiro atoms. The summed E-state index contributed by atoms with van der Waals surface area (Å²) in [5, 5.41) is 3.36. The van der Waals surface area contributed by atoms with Crippen LogP contribution in [0.25, 0.3) is 0 Å². The van der Waals surface area contributed by atoms with E-state index < -0.39 is 28.5 Å². The summed E-state index contributed by atoms with van der Waals surface area (Å²) in [6.45, 7) is 9.85. The third-order valence-corrected chi connectivity index (χ3v) is 7.00. The quantitative estimate of drug-likeness (QED) is 0.474. The highest BCUT2D eigenvalue weighted by Crippen LogP contribution is 2.23. The van der Waals surface area contributed by atoms with E-state index in [2.05, 4.69) is 5.32 Å². The molecule has 0 heterocycles. The van der Waals surface area contributed by atoms with E-state index >= 15 is 0 Å². The van der Waals surface area contributed by atoms with Crippen LogP contribution in [0.15, 0.2) is 48.5 Å². The molecule has 0 fully saturated rings. The normalized spacial score (nSPS) is 12.5. The Kier molecular flexibility index (Phi) is 10.2. The molecule has 2 aromatic rings. The van der Waals surface area contributed by atoms with Gasteiger partial charge in [0.15, 0.2) is 0 Å². The summed E-state index contributed by atoms with van der Waals surface area (Å²) in [5.74, 6) is -0.259. The van der Waals surface area contributed by atoms with Crippen molar-refractivity contribution >= 4 is 39.1 Å². The Morgan fingerprint density at radius 3 is 2.14 bits per heavy atom. The van der Waals surface area contributed by atoms with Crippen molar-refractivity contribution in [3.63, 3.8) is 0 Å². The monoisotopic (exact) mass is 521 g/mol. The van der Waals surface area contributed by atoms with Crippen LogP contribution in [0.2, 0.25) is 5.02 Å². The van der Waals surface area contributed by atoms with Crippen LogP contribution in [-0.4, -0.2) is 50.5 Å². The van der Waals surface area contributed by atoms with Crippen molar-refractivity contribution in [1.29, 1.82) is 0 Å². The first kappa shape index (κ1) is 28.7. The van der Waals surface area contributed by atoms with Gasteiger partial charge in [-0.15, -0.1) is 0 Å². The smallest absolute Gasteiger partial charge is 0.244 e. The van der Waals surface area contributed by atoms with Crippen molar-refractivity contribution in [1.82, 2.24) is 10.2 Å². The molecule has 35 heavy (non-hydrogen) atoms. The van der Waals surface area contributed by atoms with Gasteiger partial charge in [-0.05, 0) is 54.2 Å². The maximum Gasteiger partial charge on any atom is 0.244 e. The maximum atomic E-state index is 13.5. The average Bonchev–Trinajstić information content (AvgIpc) is 2.78. The molecule has 0 bridgehead atoms. The van der Waals surface area contributed by atoms with Gasteiger partial charge in [-0.25, -0.2) is 8.42 Å². The van der Waals surface area contributed by atoms with Crippen LogP contribution in [0.5, 0.6) is 0 Å². The molecule has 0 aromatic heterocycles. The van der Waals surface area contributed by atoms with E-state index in [9.17, 15) is 18.0 Å². The lowest BCUT2D eigenvalue weighted by Gasteiger charge is -2.31. The first-order valence-corrected chi connectivity index (χ1v) is 13.9. The third kappa shape index (κ3) is 8.54. The van der Waals surface area contributed by atoms with E-state index in [1.807, 2.05) is 45.9 Å². The first-order valence-electron chi connectivity index (χ1n) is 11.7. The highest BCUT2D eigenvalue weighted by molar-refractivity contribution is 7.92. The predicted octanol–water partition coefficient (Wildman–Crippen LogP) is 4.42. The third-order valence-electron chi connectivity index (χ3n) is 5.62. The number of benzene rings is 2. The van der Waals surface area contributed by atoms with E-state index in [-0.39, 0.29) is 24.3 Å². The van der Waals surface area contributed by atoms with Gasteiger partial charge in [-0.2, -0.15) is 0 Å². The molecule has 0 aliphatic heterocycles. The Balaban J connectivity index is 2.36. The van der Waals surface area contributed by atoms with Gasteiger partial charge in [0.2, 0.25) is 21.8 Å². The molecule has 0 saturated heterocycles. The van der Waals surface area contributed by atoms with E-state index in [4.69, 9.17) is 11.6 Å². The highest BCUT2D eigenvalue weighted by Gasteiger charge is 2.30. The number of nitrogens with one attached hydrogen (secondary N) is 1. The zero-order chi connectivity index (χ0) is 26.3. The zero-order valence-corrected chi connectivity index (χ0v) is 22.9. The molecule has 192 valence electrons. The molecule has 0 saturated carbocycles. The van der Waals surface area contributed by atoms with Crippen LogP contribution in [0, 0.1) is 5.92 Å². The van der Waals surface area contributed by atoms with Crippen molar-refractivity contribution in [3.05, 3.63) is 64.7 Å². The Morgan fingerprint density at radius 1 is 1.00 bits per heavy atom. The number of hydrogen-bond acceptors (Lipinski definition) is 4. The second-order valence-electron chi connectivity index (χ2n) is 9.48. The van der Waals surface area contributed by atoms with E-state index in [0.29, 0.717) is 17.3 Å². The molecular weight excluding hydrogens is 486 g/mol. The molecule has 1 atom stereocenters. The number of carbonyl (C=O) groups excluding carboxylic acids is 2. The predicted molar refractivity (Wildman–Crippen MR) is 142 cm³/mol. The number of anilines is 1. The molecule has 1 N–H and O–H groups in total. The van der Waals surface area contributed by atoms with Crippen molar-refractivity contribution in [2.24, 2.45) is 5.92 Å². The summed E-state index contributed by atoms with van der Waals surface area (Å²) >= 11 is 6.12. The summed E-state index contributed by atoms with van der Waals surface area (Å²) in [5.41, 5.74) is 2.19. The van der Waals surface area contributed by atoms with E-state index in [1.54, 1.807) is 37.3 Å². The van der Waals surface area contributed by atoms with Gasteiger partial charge in [0.25, 0.3) is 0 Å². The molecule has 2 aromatic carbocycles. The van der Waals surface area contributed by atoms with Gasteiger partial charge in [0.1, 0.15) is 12.6 Å². The molecule has 2 amide bonds. The minimum atomic E-state index is -3.76. The van der Waals surface area contributed by atoms with Crippen LogP contribution >= 0.6 is 11.6 Å². The highest BCUT2D eigenvalue weighted by atomic mass is 35.5. The SMILES string of the molecule is CC(C)CNC(=O)[C@H](C)N(Cc1cccc(Cl)c1)C(=O)CN(c1ccc(C(C)C)cc1)S(C)(=O)=O. The summed E-state index contributed by atoms with van der Waals surface area (Å²) < 4.78 is 26.4. The Labute approximate surface area is 214 Å². The molecular formula is C26H36ClN3O4S. The number of sulfonamides is 1. The van der Waals surface area contributed by atoms with Gasteiger partial charge >= 0.3 is 0 Å². The van der Waals surface area contributed by atoms with Crippen molar-refractivity contribution in [2.75, 3.05) is 23.7 Å². The minimum absolute atomic E-state index is 0.111. The number of amides is 2. The fourth-order valence-electron chi connectivity index (χ4n) is 3.51. The Hall–Kier alpha value is -2.58. The molecule has 9 heteroatoms. The molecule has 0 radical (unpaired) electrons. The van der Waals surface area contributed by atoms with Crippen LogP contribution in [0.4, 0.5) is 5.69 Å². The summed E-state index contributed by atoms with van der Waals surface area (Å²) in [6, 6.07) is 13.3. The van der Waals surface area contributed by atoms with Crippen LogP contribution in [-0.2, 0) is 26.2 Å². The number of nitrogens with zero attached hydrogens (tertiary/aromatic N) is 2. The van der Waals surface area contributed by atoms with Gasteiger partial charge < -0.3 is 10.2 Å². The van der Waals surface area contributed by atoms with Crippen LogP contribution < -0.4 is 9.62 Å². The van der Waals surface area contributed by atoms with Crippen molar-refractivity contribution in [2.45, 2.75) is 53.1 Å². The number of halogens is 1. The van der Waals surface area contributed by atoms with Crippen LogP contribution in [0.1, 0.15) is 51.7 Å². The lowest BCUT2D eigenvalue weighted by atomic mass is 10.0. The Morgan fingerprint density at radius 2 is 1.63 bits per heavy atom. The summed E-state index contributed by atoms with van der Waals surface area (Å²) in [6.07, 6.45) is 1.07. The number of rotatable bonds is 11. The van der Waals surface area contributed by atoms with Gasteiger partial charge in [0.05, 0.1) is 11.9 Å². The average molecular weight is 522 g/mol. The lowest BCUT2D eigenvalue weighted by molar-refractivity contribution is -0.139. The maximum absolute atomic E-state index is 13.5. The topological polar surface area (TPSA) is 86.8 Å². The largest absolute Gasteiger partial charge is 0.354 e.